The molecule has 0 aliphatic heterocycles. The lowest BCUT2D eigenvalue weighted by atomic mass is 9.70. The predicted molar refractivity (Wildman–Crippen MR) is 62.0 cm³/mol. The number of pyridine rings is 1. The Bertz CT molecular complexity index is 544. The summed E-state index contributed by atoms with van der Waals surface area (Å²) in [5, 5.41) is 9.40. The highest BCUT2D eigenvalue weighted by atomic mass is 19.4. The van der Waals surface area contributed by atoms with Crippen LogP contribution in [0.15, 0.2) is 18.3 Å². The number of aromatic nitrogens is 1. The molecule has 1 aliphatic carbocycles. The van der Waals surface area contributed by atoms with Crippen LogP contribution in [0, 0.1) is 0 Å². The van der Waals surface area contributed by atoms with E-state index >= 15 is 0 Å². The molecular formula is C13H12F3NO3. The molecule has 1 saturated carbocycles. The van der Waals surface area contributed by atoms with Crippen molar-refractivity contribution in [1.29, 1.82) is 0 Å². The van der Waals surface area contributed by atoms with E-state index in [1.54, 1.807) is 0 Å². The number of alkyl halides is 3. The van der Waals surface area contributed by atoms with Crippen molar-refractivity contribution < 1.29 is 27.9 Å². The van der Waals surface area contributed by atoms with Crippen LogP contribution >= 0.6 is 0 Å². The number of ketones is 1. The van der Waals surface area contributed by atoms with E-state index in [4.69, 9.17) is 0 Å². The van der Waals surface area contributed by atoms with Crippen molar-refractivity contribution in [1.82, 2.24) is 4.98 Å². The highest BCUT2D eigenvalue weighted by Gasteiger charge is 2.49. The predicted octanol–water partition coefficient (Wildman–Crippen LogP) is 2.57. The lowest BCUT2D eigenvalue weighted by Gasteiger charge is -2.33. The molecule has 1 aromatic heterocycles. The average molecular weight is 287 g/mol. The molecule has 108 valence electrons. The second-order valence-electron chi connectivity index (χ2n) is 4.82. The van der Waals surface area contributed by atoms with Gasteiger partial charge in [-0.2, -0.15) is 13.2 Å². The Morgan fingerprint density at radius 3 is 2.40 bits per heavy atom. The number of hydrogen-bond donors (Lipinski definition) is 1. The number of hydrogen-bond acceptors (Lipinski definition) is 3. The fourth-order valence-corrected chi connectivity index (χ4v) is 2.52. The molecule has 0 amide bonds. The van der Waals surface area contributed by atoms with Gasteiger partial charge in [0.05, 0.1) is 11.3 Å². The third-order valence-corrected chi connectivity index (χ3v) is 3.64. The largest absolute Gasteiger partial charge is 0.481 e. The van der Waals surface area contributed by atoms with Gasteiger partial charge in [0.15, 0.2) is 0 Å². The Morgan fingerprint density at radius 2 is 1.90 bits per heavy atom. The SMILES string of the molecule is O=C1CCC(C(=O)O)(c2ncccc2C(F)(F)F)CC1. The van der Waals surface area contributed by atoms with Gasteiger partial charge in [0.25, 0.3) is 0 Å². The van der Waals surface area contributed by atoms with Crippen LogP contribution < -0.4 is 0 Å². The molecular weight excluding hydrogens is 275 g/mol. The maximum atomic E-state index is 13.0. The molecule has 1 N–H and O–H groups in total. The lowest BCUT2D eigenvalue weighted by molar-refractivity contribution is -0.148. The van der Waals surface area contributed by atoms with Gasteiger partial charge >= 0.3 is 12.1 Å². The van der Waals surface area contributed by atoms with Gasteiger partial charge in [-0.25, -0.2) is 0 Å². The Labute approximate surface area is 112 Å². The van der Waals surface area contributed by atoms with Crippen molar-refractivity contribution in [3.8, 4) is 0 Å². The molecule has 1 aromatic rings. The number of halogens is 3. The minimum absolute atomic E-state index is 0.0415. The van der Waals surface area contributed by atoms with E-state index in [0.29, 0.717) is 0 Å². The zero-order valence-corrected chi connectivity index (χ0v) is 10.4. The number of rotatable bonds is 2. The first kappa shape index (κ1) is 14.5. The van der Waals surface area contributed by atoms with Crippen LogP contribution in [0.3, 0.4) is 0 Å². The number of nitrogens with zero attached hydrogens (tertiary/aromatic N) is 1. The van der Waals surface area contributed by atoms with E-state index < -0.39 is 28.8 Å². The summed E-state index contributed by atoms with van der Waals surface area (Å²) in [6, 6.07) is 1.94. The normalized spacial score (nSPS) is 18.9. The maximum absolute atomic E-state index is 13.0. The summed E-state index contributed by atoms with van der Waals surface area (Å²) in [5.41, 5.74) is -3.27. The molecule has 0 atom stereocenters. The van der Waals surface area contributed by atoms with Gasteiger partial charge < -0.3 is 5.11 Å². The monoisotopic (exact) mass is 287 g/mol. The molecule has 0 spiro atoms. The Balaban J connectivity index is 2.57. The van der Waals surface area contributed by atoms with Crippen LogP contribution in [0.1, 0.15) is 36.9 Å². The molecule has 1 fully saturated rings. The molecule has 0 aromatic carbocycles. The Morgan fingerprint density at radius 1 is 1.30 bits per heavy atom. The summed E-state index contributed by atoms with van der Waals surface area (Å²) >= 11 is 0. The number of aliphatic carboxylic acids is 1. The first-order chi connectivity index (χ1) is 9.27. The van der Waals surface area contributed by atoms with Crippen LogP contribution in [0.2, 0.25) is 0 Å². The third-order valence-electron chi connectivity index (χ3n) is 3.64. The highest BCUT2D eigenvalue weighted by molar-refractivity contribution is 5.87. The lowest BCUT2D eigenvalue weighted by Crippen LogP contribution is -2.42. The van der Waals surface area contributed by atoms with Crippen LogP contribution in [0.4, 0.5) is 13.2 Å². The van der Waals surface area contributed by atoms with Crippen molar-refractivity contribution >= 4 is 11.8 Å². The van der Waals surface area contributed by atoms with Gasteiger partial charge in [-0.05, 0) is 25.0 Å². The Hall–Kier alpha value is -1.92. The maximum Gasteiger partial charge on any atom is 0.418 e. The van der Waals surface area contributed by atoms with Crippen molar-refractivity contribution in [2.75, 3.05) is 0 Å². The van der Waals surface area contributed by atoms with E-state index in [-0.39, 0.29) is 31.5 Å². The van der Waals surface area contributed by atoms with E-state index in [2.05, 4.69) is 4.98 Å². The third kappa shape index (κ3) is 2.39. The second kappa shape index (κ2) is 4.88. The number of carbonyl (C=O) groups excluding carboxylic acids is 1. The van der Waals surface area contributed by atoms with E-state index in [1.807, 2.05) is 0 Å². The van der Waals surface area contributed by atoms with Gasteiger partial charge in [-0.15, -0.1) is 0 Å². The zero-order chi connectivity index (χ0) is 15.0. The smallest absolute Gasteiger partial charge is 0.418 e. The topological polar surface area (TPSA) is 67.3 Å². The van der Waals surface area contributed by atoms with Crippen molar-refractivity contribution in [3.05, 3.63) is 29.6 Å². The molecule has 7 heteroatoms. The molecule has 2 rings (SSSR count). The first-order valence-corrected chi connectivity index (χ1v) is 6.05. The van der Waals surface area contributed by atoms with Gasteiger partial charge in [0, 0.05) is 19.0 Å². The molecule has 20 heavy (non-hydrogen) atoms. The van der Waals surface area contributed by atoms with Gasteiger partial charge in [0.1, 0.15) is 11.2 Å². The Kier molecular flexibility index (Phi) is 3.54. The van der Waals surface area contributed by atoms with E-state index in [1.165, 1.54) is 0 Å². The van der Waals surface area contributed by atoms with Crippen LogP contribution in [0.25, 0.3) is 0 Å². The van der Waals surface area contributed by atoms with Gasteiger partial charge in [0.2, 0.25) is 0 Å². The quantitative estimate of drug-likeness (QED) is 0.907. The van der Waals surface area contributed by atoms with Crippen molar-refractivity contribution in [2.45, 2.75) is 37.3 Å². The molecule has 1 heterocycles. The minimum atomic E-state index is -4.67. The van der Waals surface area contributed by atoms with Crippen LogP contribution in [0.5, 0.6) is 0 Å². The summed E-state index contributed by atoms with van der Waals surface area (Å²) in [4.78, 5) is 26.5. The van der Waals surface area contributed by atoms with Crippen molar-refractivity contribution in [3.63, 3.8) is 0 Å². The number of Topliss-reactive ketones (excluding diaryl/α,β-unsaturated/α-hetero) is 1. The fourth-order valence-electron chi connectivity index (χ4n) is 2.52. The summed E-state index contributed by atoms with van der Waals surface area (Å²) in [7, 11) is 0. The molecule has 0 saturated heterocycles. The van der Waals surface area contributed by atoms with Crippen LogP contribution in [-0.2, 0) is 21.2 Å². The highest BCUT2D eigenvalue weighted by Crippen LogP contribution is 2.43. The molecule has 0 bridgehead atoms. The van der Waals surface area contributed by atoms with Crippen LogP contribution in [-0.4, -0.2) is 21.8 Å². The first-order valence-electron chi connectivity index (χ1n) is 6.05. The molecule has 0 unspecified atom stereocenters. The number of carboxylic acids is 1. The van der Waals surface area contributed by atoms with Gasteiger partial charge in [-0.1, -0.05) is 0 Å². The van der Waals surface area contributed by atoms with E-state index in [9.17, 15) is 27.9 Å². The summed E-state index contributed by atoms with van der Waals surface area (Å²) < 4.78 is 39.0. The van der Waals surface area contributed by atoms with E-state index in [0.717, 1.165) is 18.3 Å². The minimum Gasteiger partial charge on any atom is -0.481 e. The fraction of sp³-hybridized carbons (Fsp3) is 0.462. The molecule has 1 aliphatic rings. The standard InChI is InChI=1S/C13H12F3NO3/c14-13(15,16)9-2-1-7-17-10(9)12(11(19)20)5-3-8(18)4-6-12/h1-2,7H,3-6H2,(H,19,20). The van der Waals surface area contributed by atoms with Crippen molar-refractivity contribution in [2.24, 2.45) is 0 Å². The zero-order valence-electron chi connectivity index (χ0n) is 10.4. The summed E-state index contributed by atoms with van der Waals surface area (Å²) in [6.45, 7) is 0. The van der Waals surface area contributed by atoms with Gasteiger partial charge in [-0.3, -0.25) is 14.6 Å². The number of carboxylic acid groups (broad SMARTS) is 1. The summed E-state index contributed by atoms with van der Waals surface area (Å²) in [6.07, 6.45) is -3.91. The second-order valence-corrected chi connectivity index (χ2v) is 4.82. The number of carbonyl (C=O) groups is 2. The molecule has 4 nitrogen and oxygen atoms in total. The summed E-state index contributed by atoms with van der Waals surface area (Å²) in [5.74, 6) is -1.50. The average Bonchev–Trinajstić information content (AvgIpc) is 2.38. The molecule has 0 radical (unpaired) electrons.